The Bertz CT molecular complexity index is 1000. The highest BCUT2D eigenvalue weighted by Crippen LogP contribution is 2.28. The minimum atomic E-state index is -3.69. The number of nitrogens with zero attached hydrogens (tertiary/aromatic N) is 1. The first kappa shape index (κ1) is 20.8. The standard InChI is InChI=1S/C21H25ClN2O3S/c1-14-6-4-8-20(16(14)3)23-21(25)17-7-5-11-24(13-17)28(26,27)18-10-9-15(2)19(22)12-18/h4,6,8-10,12,17H,5,7,11,13H2,1-3H3,(H,23,25)/t17-/m0/s1. The molecule has 1 amide bonds. The number of aryl methyl sites for hydroxylation is 2. The largest absolute Gasteiger partial charge is 0.326 e. The topological polar surface area (TPSA) is 66.5 Å². The van der Waals surface area contributed by atoms with E-state index in [1.165, 1.54) is 10.4 Å². The van der Waals surface area contributed by atoms with E-state index in [2.05, 4.69) is 5.32 Å². The predicted molar refractivity (Wildman–Crippen MR) is 112 cm³/mol. The lowest BCUT2D eigenvalue weighted by Gasteiger charge is -2.31. The summed E-state index contributed by atoms with van der Waals surface area (Å²) in [6.07, 6.45) is 1.31. The summed E-state index contributed by atoms with van der Waals surface area (Å²) in [6.45, 7) is 6.36. The third-order valence-corrected chi connectivity index (χ3v) is 7.67. The summed E-state index contributed by atoms with van der Waals surface area (Å²) in [4.78, 5) is 13.0. The zero-order chi connectivity index (χ0) is 20.5. The van der Waals surface area contributed by atoms with Crippen LogP contribution < -0.4 is 5.32 Å². The lowest BCUT2D eigenvalue weighted by molar-refractivity contribution is -0.120. The first-order valence-electron chi connectivity index (χ1n) is 9.33. The average molecular weight is 421 g/mol. The van der Waals surface area contributed by atoms with E-state index in [4.69, 9.17) is 11.6 Å². The fourth-order valence-electron chi connectivity index (χ4n) is 3.38. The fourth-order valence-corrected chi connectivity index (χ4v) is 5.17. The van der Waals surface area contributed by atoms with Gasteiger partial charge in [0.15, 0.2) is 0 Å². The summed E-state index contributed by atoms with van der Waals surface area (Å²) < 4.78 is 27.4. The maximum absolute atomic E-state index is 13.0. The molecule has 7 heteroatoms. The predicted octanol–water partition coefficient (Wildman–Crippen LogP) is 4.30. The summed E-state index contributed by atoms with van der Waals surface area (Å²) in [7, 11) is -3.69. The van der Waals surface area contributed by atoms with Gasteiger partial charge in [0.2, 0.25) is 15.9 Å². The average Bonchev–Trinajstić information content (AvgIpc) is 2.67. The smallest absolute Gasteiger partial charge is 0.243 e. The number of hydrogen-bond donors (Lipinski definition) is 1. The van der Waals surface area contributed by atoms with Crippen molar-refractivity contribution in [2.24, 2.45) is 5.92 Å². The highest BCUT2D eigenvalue weighted by atomic mass is 35.5. The molecule has 1 aliphatic rings. The van der Waals surface area contributed by atoms with Gasteiger partial charge in [-0.05, 0) is 68.5 Å². The molecular formula is C21H25ClN2O3S. The second-order valence-electron chi connectivity index (χ2n) is 7.35. The van der Waals surface area contributed by atoms with Crippen molar-refractivity contribution in [3.05, 3.63) is 58.1 Å². The van der Waals surface area contributed by atoms with Gasteiger partial charge in [0.25, 0.3) is 0 Å². The molecule has 1 saturated heterocycles. The summed E-state index contributed by atoms with van der Waals surface area (Å²) in [5, 5.41) is 3.39. The van der Waals surface area contributed by atoms with E-state index in [0.29, 0.717) is 24.4 Å². The third-order valence-electron chi connectivity index (χ3n) is 5.40. The van der Waals surface area contributed by atoms with Gasteiger partial charge < -0.3 is 5.32 Å². The number of carbonyl (C=O) groups excluding carboxylic acids is 1. The molecule has 1 fully saturated rings. The quantitative estimate of drug-likeness (QED) is 0.801. The SMILES string of the molecule is Cc1ccc(S(=O)(=O)N2CCC[C@H](C(=O)Nc3cccc(C)c3C)C2)cc1Cl. The number of nitrogens with one attached hydrogen (secondary N) is 1. The van der Waals surface area contributed by atoms with Gasteiger partial charge in [-0.25, -0.2) is 8.42 Å². The maximum Gasteiger partial charge on any atom is 0.243 e. The summed E-state index contributed by atoms with van der Waals surface area (Å²) in [5.74, 6) is -0.528. The number of sulfonamides is 1. The highest BCUT2D eigenvalue weighted by molar-refractivity contribution is 7.89. The third kappa shape index (κ3) is 4.24. The van der Waals surface area contributed by atoms with Gasteiger partial charge in [-0.1, -0.05) is 29.8 Å². The molecule has 0 aliphatic carbocycles. The second-order valence-corrected chi connectivity index (χ2v) is 9.70. The molecule has 0 aromatic heterocycles. The van der Waals surface area contributed by atoms with E-state index in [1.807, 2.05) is 39.0 Å². The van der Waals surface area contributed by atoms with Crippen LogP contribution in [0.15, 0.2) is 41.3 Å². The van der Waals surface area contributed by atoms with Gasteiger partial charge in [-0.3, -0.25) is 4.79 Å². The number of hydrogen-bond acceptors (Lipinski definition) is 3. The molecule has 150 valence electrons. The van der Waals surface area contributed by atoms with Crippen molar-refractivity contribution in [1.29, 1.82) is 0 Å². The molecule has 28 heavy (non-hydrogen) atoms. The zero-order valence-electron chi connectivity index (χ0n) is 16.3. The van der Waals surface area contributed by atoms with Crippen LogP contribution in [0, 0.1) is 26.7 Å². The monoisotopic (exact) mass is 420 g/mol. The van der Waals surface area contributed by atoms with Crippen LogP contribution in [-0.4, -0.2) is 31.7 Å². The lowest BCUT2D eigenvalue weighted by atomic mass is 9.98. The van der Waals surface area contributed by atoms with E-state index < -0.39 is 10.0 Å². The van der Waals surface area contributed by atoms with Crippen molar-refractivity contribution in [2.75, 3.05) is 18.4 Å². The van der Waals surface area contributed by atoms with Crippen LogP contribution in [0.4, 0.5) is 5.69 Å². The van der Waals surface area contributed by atoms with E-state index in [1.54, 1.807) is 12.1 Å². The molecule has 0 unspecified atom stereocenters. The Kier molecular flexibility index (Phi) is 6.12. The Labute approximate surface area is 171 Å². The molecule has 5 nitrogen and oxygen atoms in total. The molecule has 1 atom stereocenters. The van der Waals surface area contributed by atoms with E-state index in [9.17, 15) is 13.2 Å². The Hall–Kier alpha value is -1.89. The number of amides is 1. The van der Waals surface area contributed by atoms with Gasteiger partial charge in [0.05, 0.1) is 10.8 Å². The molecule has 1 N–H and O–H groups in total. The summed E-state index contributed by atoms with van der Waals surface area (Å²) in [6, 6.07) is 10.5. The van der Waals surface area contributed by atoms with Gasteiger partial charge in [0, 0.05) is 23.8 Å². The minimum Gasteiger partial charge on any atom is -0.326 e. The Balaban J connectivity index is 1.76. The first-order valence-corrected chi connectivity index (χ1v) is 11.2. The summed E-state index contributed by atoms with van der Waals surface area (Å²) >= 11 is 6.11. The normalized spacial score (nSPS) is 18.1. The number of piperidine rings is 1. The van der Waals surface area contributed by atoms with Crippen molar-refractivity contribution in [1.82, 2.24) is 4.31 Å². The van der Waals surface area contributed by atoms with E-state index >= 15 is 0 Å². The number of carbonyl (C=O) groups is 1. The van der Waals surface area contributed by atoms with Crippen molar-refractivity contribution >= 4 is 33.2 Å². The Morgan fingerprint density at radius 3 is 2.61 bits per heavy atom. The second kappa shape index (κ2) is 8.23. The molecule has 0 bridgehead atoms. The van der Waals surface area contributed by atoms with Crippen LogP contribution in [0.25, 0.3) is 0 Å². The van der Waals surface area contributed by atoms with Crippen LogP contribution in [0.5, 0.6) is 0 Å². The van der Waals surface area contributed by atoms with Crippen molar-refractivity contribution < 1.29 is 13.2 Å². The molecule has 1 heterocycles. The molecule has 3 rings (SSSR count). The number of benzene rings is 2. The van der Waals surface area contributed by atoms with Crippen LogP contribution >= 0.6 is 11.6 Å². The highest BCUT2D eigenvalue weighted by Gasteiger charge is 2.33. The first-order chi connectivity index (χ1) is 13.2. The van der Waals surface area contributed by atoms with Crippen LogP contribution in [0.3, 0.4) is 0 Å². The molecule has 1 aliphatic heterocycles. The van der Waals surface area contributed by atoms with Gasteiger partial charge in [0.1, 0.15) is 0 Å². The van der Waals surface area contributed by atoms with Crippen LogP contribution in [0.2, 0.25) is 5.02 Å². The summed E-state index contributed by atoms with van der Waals surface area (Å²) in [5.41, 5.74) is 3.72. The molecule has 0 saturated carbocycles. The van der Waals surface area contributed by atoms with Crippen LogP contribution in [0.1, 0.15) is 29.5 Å². The molecule has 2 aromatic carbocycles. The molecular weight excluding hydrogens is 396 g/mol. The number of halogens is 1. The van der Waals surface area contributed by atoms with Crippen LogP contribution in [-0.2, 0) is 14.8 Å². The zero-order valence-corrected chi connectivity index (χ0v) is 17.9. The van der Waals surface area contributed by atoms with Crippen molar-refractivity contribution in [3.8, 4) is 0 Å². The lowest BCUT2D eigenvalue weighted by Crippen LogP contribution is -2.43. The molecule has 0 radical (unpaired) electrons. The van der Waals surface area contributed by atoms with Crippen molar-refractivity contribution in [2.45, 2.75) is 38.5 Å². The number of rotatable bonds is 4. The minimum absolute atomic E-state index is 0.143. The van der Waals surface area contributed by atoms with Gasteiger partial charge >= 0.3 is 0 Å². The fraction of sp³-hybridized carbons (Fsp3) is 0.381. The van der Waals surface area contributed by atoms with E-state index in [0.717, 1.165) is 22.4 Å². The van der Waals surface area contributed by atoms with Gasteiger partial charge in [-0.2, -0.15) is 4.31 Å². The number of anilines is 1. The Morgan fingerprint density at radius 1 is 1.14 bits per heavy atom. The van der Waals surface area contributed by atoms with Gasteiger partial charge in [-0.15, -0.1) is 0 Å². The molecule has 0 spiro atoms. The Morgan fingerprint density at radius 2 is 1.89 bits per heavy atom. The maximum atomic E-state index is 13.0. The van der Waals surface area contributed by atoms with E-state index in [-0.39, 0.29) is 23.3 Å². The molecule has 2 aromatic rings. The van der Waals surface area contributed by atoms with Crippen molar-refractivity contribution in [3.63, 3.8) is 0 Å².